The van der Waals surface area contributed by atoms with Crippen LogP contribution in [0.5, 0.6) is 0 Å². The van der Waals surface area contributed by atoms with E-state index in [1.165, 1.54) is 0 Å². The fourth-order valence-electron chi connectivity index (χ4n) is 1.69. The molecule has 3 nitrogen and oxygen atoms in total. The van der Waals surface area contributed by atoms with Gasteiger partial charge in [0.25, 0.3) is 0 Å². The molecule has 0 saturated carbocycles. The van der Waals surface area contributed by atoms with Gasteiger partial charge in [-0.3, -0.25) is 0 Å². The Morgan fingerprint density at radius 3 is 2.45 bits per heavy atom. The normalized spacial score (nSPS) is 10.2. The molecule has 0 aliphatic rings. The Balaban J connectivity index is 2.03. The van der Waals surface area contributed by atoms with Crippen LogP contribution in [0.25, 0.3) is 0 Å². The highest BCUT2D eigenvalue weighted by Gasteiger charge is 2.06. The predicted molar refractivity (Wildman–Crippen MR) is 87.1 cm³/mol. The van der Waals surface area contributed by atoms with Crippen LogP contribution in [0, 0.1) is 6.92 Å². The molecule has 2 aromatic carbocycles. The molecular formula is C15H15ClN2OS. The van der Waals surface area contributed by atoms with Crippen LogP contribution in [0.1, 0.15) is 5.56 Å². The fourth-order valence-corrected chi connectivity index (χ4v) is 2.27. The van der Waals surface area contributed by atoms with Gasteiger partial charge >= 0.3 is 6.03 Å². The van der Waals surface area contributed by atoms with E-state index in [2.05, 4.69) is 10.6 Å². The maximum atomic E-state index is 11.9. The lowest BCUT2D eigenvalue weighted by molar-refractivity contribution is 0.262. The fraction of sp³-hybridized carbons (Fsp3) is 0.133. The number of thioether (sulfide) groups is 1. The number of halogens is 1. The van der Waals surface area contributed by atoms with Crippen molar-refractivity contribution in [3.63, 3.8) is 0 Å². The van der Waals surface area contributed by atoms with Gasteiger partial charge < -0.3 is 10.6 Å². The summed E-state index contributed by atoms with van der Waals surface area (Å²) in [4.78, 5) is 13.1. The molecule has 0 radical (unpaired) electrons. The van der Waals surface area contributed by atoms with E-state index in [0.29, 0.717) is 10.7 Å². The van der Waals surface area contributed by atoms with Crippen molar-refractivity contribution in [2.75, 3.05) is 16.9 Å². The summed E-state index contributed by atoms with van der Waals surface area (Å²) < 4.78 is 0. The molecule has 2 N–H and O–H groups in total. The zero-order valence-corrected chi connectivity index (χ0v) is 12.8. The summed E-state index contributed by atoms with van der Waals surface area (Å²) in [5, 5.41) is 6.03. The van der Waals surface area contributed by atoms with Gasteiger partial charge in [0.15, 0.2) is 0 Å². The predicted octanol–water partition coefficient (Wildman–Crippen LogP) is 5.01. The molecule has 20 heavy (non-hydrogen) atoms. The number of urea groups is 1. The maximum absolute atomic E-state index is 11.9. The van der Waals surface area contributed by atoms with Crippen molar-refractivity contribution in [2.24, 2.45) is 0 Å². The molecule has 0 aromatic heterocycles. The van der Waals surface area contributed by atoms with E-state index in [1.807, 2.05) is 49.6 Å². The molecule has 2 amide bonds. The van der Waals surface area contributed by atoms with Crippen LogP contribution < -0.4 is 10.6 Å². The third-order valence-electron chi connectivity index (χ3n) is 2.72. The van der Waals surface area contributed by atoms with E-state index >= 15 is 0 Å². The van der Waals surface area contributed by atoms with Crippen molar-refractivity contribution in [2.45, 2.75) is 11.8 Å². The largest absolute Gasteiger partial charge is 0.323 e. The molecule has 0 bridgehead atoms. The number of anilines is 2. The summed E-state index contributed by atoms with van der Waals surface area (Å²) >= 11 is 7.69. The van der Waals surface area contributed by atoms with Gasteiger partial charge in [-0.2, -0.15) is 0 Å². The van der Waals surface area contributed by atoms with Crippen LogP contribution in [0.4, 0.5) is 16.2 Å². The first kappa shape index (κ1) is 14.8. The number of nitrogens with one attached hydrogen (secondary N) is 2. The minimum Gasteiger partial charge on any atom is -0.308 e. The second-order valence-electron chi connectivity index (χ2n) is 4.29. The lowest BCUT2D eigenvalue weighted by atomic mass is 10.2. The maximum Gasteiger partial charge on any atom is 0.323 e. The van der Waals surface area contributed by atoms with E-state index in [0.717, 1.165) is 16.1 Å². The van der Waals surface area contributed by atoms with Crippen molar-refractivity contribution >= 4 is 40.8 Å². The summed E-state index contributed by atoms with van der Waals surface area (Å²) in [5.74, 6) is 0. The van der Waals surface area contributed by atoms with Gasteiger partial charge in [0.1, 0.15) is 0 Å². The quantitative estimate of drug-likeness (QED) is 0.782. The number of aryl methyl sites for hydroxylation is 1. The number of carbonyl (C=O) groups excluding carboxylic acids is 1. The second-order valence-corrected chi connectivity index (χ2v) is 5.58. The van der Waals surface area contributed by atoms with E-state index in [4.69, 9.17) is 11.6 Å². The molecule has 0 unspecified atom stereocenters. The molecule has 5 heteroatoms. The summed E-state index contributed by atoms with van der Waals surface area (Å²) in [6.45, 7) is 1.94. The van der Waals surface area contributed by atoms with Gasteiger partial charge in [-0.25, -0.2) is 4.79 Å². The molecule has 0 heterocycles. The lowest BCUT2D eigenvalue weighted by Gasteiger charge is -2.10. The van der Waals surface area contributed by atoms with Gasteiger partial charge in [-0.05, 0) is 55.1 Å². The van der Waals surface area contributed by atoms with Gasteiger partial charge in [-0.15, -0.1) is 11.8 Å². The molecule has 0 aliphatic carbocycles. The minimum atomic E-state index is -0.311. The molecule has 2 aromatic rings. The summed E-state index contributed by atoms with van der Waals surface area (Å²) in [6, 6.07) is 12.8. The molecule has 0 aliphatic heterocycles. The van der Waals surface area contributed by atoms with Crippen LogP contribution in [0.15, 0.2) is 47.4 Å². The van der Waals surface area contributed by atoms with Crippen LogP contribution >= 0.6 is 23.4 Å². The SMILES string of the molecule is CSc1ccc(NC(=O)Nc2cc(C)ccc2Cl)cc1. The highest BCUT2D eigenvalue weighted by Crippen LogP contribution is 2.23. The monoisotopic (exact) mass is 306 g/mol. The van der Waals surface area contributed by atoms with Crippen LogP contribution in [0.3, 0.4) is 0 Å². The topological polar surface area (TPSA) is 41.1 Å². The van der Waals surface area contributed by atoms with Crippen LogP contribution in [0.2, 0.25) is 5.02 Å². The standard InChI is InChI=1S/C15H15ClN2OS/c1-10-3-8-13(16)14(9-10)18-15(19)17-11-4-6-12(20-2)7-5-11/h3-9H,1-2H3,(H2,17,18,19). The van der Waals surface area contributed by atoms with Gasteiger partial charge in [0.2, 0.25) is 0 Å². The van der Waals surface area contributed by atoms with Gasteiger partial charge in [-0.1, -0.05) is 17.7 Å². The van der Waals surface area contributed by atoms with Crippen molar-refractivity contribution in [3.05, 3.63) is 53.1 Å². The number of rotatable bonds is 3. The first-order valence-electron chi connectivity index (χ1n) is 6.06. The van der Waals surface area contributed by atoms with Crippen molar-refractivity contribution in [1.29, 1.82) is 0 Å². The summed E-state index contributed by atoms with van der Waals surface area (Å²) in [6.07, 6.45) is 2.01. The number of hydrogen-bond acceptors (Lipinski definition) is 2. The number of hydrogen-bond donors (Lipinski definition) is 2. The number of carbonyl (C=O) groups is 1. The Morgan fingerprint density at radius 1 is 1.10 bits per heavy atom. The van der Waals surface area contributed by atoms with Crippen molar-refractivity contribution in [3.8, 4) is 0 Å². The second kappa shape index (κ2) is 6.68. The number of amides is 2. The Morgan fingerprint density at radius 2 is 1.80 bits per heavy atom. The number of benzene rings is 2. The highest BCUT2D eigenvalue weighted by molar-refractivity contribution is 7.98. The van der Waals surface area contributed by atoms with E-state index in [9.17, 15) is 4.79 Å². The van der Waals surface area contributed by atoms with Gasteiger partial charge in [0.05, 0.1) is 10.7 Å². The van der Waals surface area contributed by atoms with E-state index in [-0.39, 0.29) is 6.03 Å². The molecule has 0 fully saturated rings. The lowest BCUT2D eigenvalue weighted by Crippen LogP contribution is -2.19. The minimum absolute atomic E-state index is 0.311. The van der Waals surface area contributed by atoms with E-state index in [1.54, 1.807) is 17.8 Å². The third-order valence-corrected chi connectivity index (χ3v) is 3.79. The first-order valence-corrected chi connectivity index (χ1v) is 7.67. The summed E-state index contributed by atoms with van der Waals surface area (Å²) in [7, 11) is 0. The van der Waals surface area contributed by atoms with E-state index < -0.39 is 0 Å². The molecule has 104 valence electrons. The average Bonchev–Trinajstić information content (AvgIpc) is 2.43. The van der Waals surface area contributed by atoms with Crippen LogP contribution in [-0.4, -0.2) is 12.3 Å². The van der Waals surface area contributed by atoms with Gasteiger partial charge in [0, 0.05) is 10.6 Å². The van der Waals surface area contributed by atoms with Crippen molar-refractivity contribution < 1.29 is 4.79 Å². The highest BCUT2D eigenvalue weighted by atomic mass is 35.5. The molecule has 2 rings (SSSR count). The Bertz CT molecular complexity index is 614. The Labute approximate surface area is 127 Å². The zero-order valence-electron chi connectivity index (χ0n) is 11.2. The Hall–Kier alpha value is -1.65. The smallest absolute Gasteiger partial charge is 0.308 e. The molecule has 0 spiro atoms. The molecule has 0 saturated heterocycles. The van der Waals surface area contributed by atoms with Crippen LogP contribution in [-0.2, 0) is 0 Å². The average molecular weight is 307 g/mol. The third kappa shape index (κ3) is 3.92. The van der Waals surface area contributed by atoms with Crippen molar-refractivity contribution in [1.82, 2.24) is 0 Å². The Kier molecular flexibility index (Phi) is 4.93. The molecule has 0 atom stereocenters. The summed E-state index contributed by atoms with van der Waals surface area (Å²) in [5.41, 5.74) is 2.38. The first-order chi connectivity index (χ1) is 9.58. The zero-order chi connectivity index (χ0) is 14.5. The molecular weight excluding hydrogens is 292 g/mol.